The van der Waals surface area contributed by atoms with Gasteiger partial charge >= 0.3 is 0 Å². The van der Waals surface area contributed by atoms with Crippen LogP contribution in [0.1, 0.15) is 24.9 Å². The zero-order valence-corrected chi connectivity index (χ0v) is 9.16. The first-order valence-corrected chi connectivity index (χ1v) is 5.31. The first-order valence-electron chi connectivity index (χ1n) is 5.31. The molecule has 1 saturated heterocycles. The number of para-hydroxylation sites is 1. The Labute approximate surface area is 90.1 Å². The number of ether oxygens (including phenoxy) is 1. The van der Waals surface area contributed by atoms with Crippen molar-refractivity contribution in [3.63, 3.8) is 0 Å². The molecule has 0 unspecified atom stereocenters. The fourth-order valence-corrected chi connectivity index (χ4v) is 2.13. The maximum Gasteiger partial charge on any atom is 0.162 e. The van der Waals surface area contributed by atoms with E-state index in [1.165, 1.54) is 0 Å². The lowest BCUT2D eigenvalue weighted by Crippen LogP contribution is -2.13. The second kappa shape index (κ2) is 4.11. The lowest BCUT2D eigenvalue weighted by molar-refractivity contribution is 0.367. The van der Waals surface area contributed by atoms with E-state index in [2.05, 4.69) is 12.2 Å². The van der Waals surface area contributed by atoms with E-state index in [4.69, 9.17) is 4.74 Å². The van der Waals surface area contributed by atoms with Crippen LogP contribution in [0.2, 0.25) is 0 Å². The van der Waals surface area contributed by atoms with E-state index >= 15 is 0 Å². The molecule has 15 heavy (non-hydrogen) atoms. The molecule has 0 amide bonds. The van der Waals surface area contributed by atoms with Crippen LogP contribution in [0.5, 0.6) is 11.5 Å². The van der Waals surface area contributed by atoms with Crippen molar-refractivity contribution in [1.82, 2.24) is 5.32 Å². The number of phenols is 1. The minimum atomic E-state index is 0.259. The van der Waals surface area contributed by atoms with E-state index < -0.39 is 0 Å². The fraction of sp³-hybridized carbons (Fsp3) is 0.500. The molecular formula is C12H17NO2. The van der Waals surface area contributed by atoms with E-state index in [0.29, 0.717) is 11.7 Å². The summed E-state index contributed by atoms with van der Waals surface area (Å²) in [5.74, 6) is 1.49. The Morgan fingerprint density at radius 1 is 1.47 bits per heavy atom. The molecule has 2 N–H and O–H groups in total. The minimum Gasteiger partial charge on any atom is -0.504 e. The molecule has 0 aliphatic carbocycles. The average Bonchev–Trinajstić information content (AvgIpc) is 2.65. The van der Waals surface area contributed by atoms with Gasteiger partial charge in [-0.1, -0.05) is 19.1 Å². The van der Waals surface area contributed by atoms with Crippen LogP contribution in [0.4, 0.5) is 0 Å². The lowest BCUT2D eigenvalue weighted by Gasteiger charge is -2.14. The first-order chi connectivity index (χ1) is 7.22. The summed E-state index contributed by atoms with van der Waals surface area (Å²) in [6.45, 7) is 3.23. The number of hydrogen-bond acceptors (Lipinski definition) is 3. The Hall–Kier alpha value is -1.22. The van der Waals surface area contributed by atoms with Gasteiger partial charge in [-0.3, -0.25) is 0 Å². The monoisotopic (exact) mass is 207 g/mol. The number of phenolic OH excluding ortho intramolecular Hbond substituents is 1. The molecule has 1 aromatic carbocycles. The Balaban J connectivity index is 2.28. The third-order valence-electron chi connectivity index (χ3n) is 2.98. The van der Waals surface area contributed by atoms with Crippen molar-refractivity contribution in [3.05, 3.63) is 23.8 Å². The summed E-state index contributed by atoms with van der Waals surface area (Å²) in [6.07, 6.45) is 1.07. The van der Waals surface area contributed by atoms with Crippen molar-refractivity contribution < 1.29 is 9.84 Å². The number of methoxy groups -OCH3 is 1. The number of nitrogens with one attached hydrogen (secondary N) is 1. The van der Waals surface area contributed by atoms with Crippen LogP contribution in [0, 0.1) is 5.92 Å². The van der Waals surface area contributed by atoms with Gasteiger partial charge < -0.3 is 15.2 Å². The van der Waals surface area contributed by atoms with Gasteiger partial charge in [-0.05, 0) is 24.9 Å². The largest absolute Gasteiger partial charge is 0.504 e. The van der Waals surface area contributed by atoms with Gasteiger partial charge in [-0.25, -0.2) is 0 Å². The summed E-state index contributed by atoms with van der Waals surface area (Å²) in [5.41, 5.74) is 0.943. The summed E-state index contributed by atoms with van der Waals surface area (Å²) in [5, 5.41) is 13.4. The van der Waals surface area contributed by atoms with Crippen LogP contribution in [-0.4, -0.2) is 18.8 Å². The molecule has 0 radical (unpaired) electrons. The number of benzene rings is 1. The van der Waals surface area contributed by atoms with Gasteiger partial charge in [0.25, 0.3) is 0 Å². The summed E-state index contributed by atoms with van der Waals surface area (Å²) in [7, 11) is 1.57. The fourth-order valence-electron chi connectivity index (χ4n) is 2.13. The highest BCUT2D eigenvalue weighted by molar-refractivity contribution is 5.47. The molecule has 1 aliphatic heterocycles. The maximum absolute atomic E-state index is 9.97. The molecule has 1 aromatic rings. The van der Waals surface area contributed by atoms with Gasteiger partial charge in [-0.2, -0.15) is 0 Å². The molecule has 0 saturated carbocycles. The molecule has 1 heterocycles. The van der Waals surface area contributed by atoms with Crippen LogP contribution < -0.4 is 10.1 Å². The predicted molar refractivity (Wildman–Crippen MR) is 59.2 cm³/mol. The second-order valence-corrected chi connectivity index (χ2v) is 4.20. The summed E-state index contributed by atoms with van der Waals surface area (Å²) in [4.78, 5) is 0. The lowest BCUT2D eigenvalue weighted by atomic mass is 10.0. The summed E-state index contributed by atoms with van der Waals surface area (Å²) in [6, 6.07) is 5.90. The topological polar surface area (TPSA) is 41.5 Å². The van der Waals surface area contributed by atoms with E-state index in [-0.39, 0.29) is 11.8 Å². The molecule has 1 aliphatic rings. The molecule has 3 heteroatoms. The standard InChI is InChI=1S/C12H17NO2/c1-8-6-10(13-7-8)9-4-3-5-11(15-2)12(9)14/h3-5,8,10,13-14H,6-7H2,1-2H3/t8-,10+/m0/s1. The zero-order valence-electron chi connectivity index (χ0n) is 9.16. The maximum atomic E-state index is 9.97. The van der Waals surface area contributed by atoms with Crippen LogP contribution >= 0.6 is 0 Å². The van der Waals surface area contributed by atoms with Crippen molar-refractivity contribution in [1.29, 1.82) is 0 Å². The quantitative estimate of drug-likeness (QED) is 0.780. The molecule has 2 atom stereocenters. The van der Waals surface area contributed by atoms with Gasteiger partial charge in [0, 0.05) is 11.6 Å². The van der Waals surface area contributed by atoms with Gasteiger partial charge in [0.05, 0.1) is 7.11 Å². The number of aromatic hydroxyl groups is 1. The van der Waals surface area contributed by atoms with Crippen molar-refractivity contribution in [2.75, 3.05) is 13.7 Å². The average molecular weight is 207 g/mol. The van der Waals surface area contributed by atoms with E-state index in [1.54, 1.807) is 13.2 Å². The van der Waals surface area contributed by atoms with E-state index in [1.807, 2.05) is 12.1 Å². The summed E-state index contributed by atoms with van der Waals surface area (Å²) >= 11 is 0. The smallest absolute Gasteiger partial charge is 0.162 e. The van der Waals surface area contributed by atoms with Crippen molar-refractivity contribution in [3.8, 4) is 11.5 Å². The molecule has 0 bridgehead atoms. The van der Waals surface area contributed by atoms with Crippen molar-refractivity contribution in [2.45, 2.75) is 19.4 Å². The Bertz CT molecular complexity index is 351. The van der Waals surface area contributed by atoms with Crippen LogP contribution in [0.15, 0.2) is 18.2 Å². The highest BCUT2D eigenvalue weighted by atomic mass is 16.5. The van der Waals surface area contributed by atoms with Gasteiger partial charge in [0.2, 0.25) is 0 Å². The summed E-state index contributed by atoms with van der Waals surface area (Å²) < 4.78 is 5.09. The van der Waals surface area contributed by atoms with Gasteiger partial charge in [0.1, 0.15) is 0 Å². The molecule has 82 valence electrons. The van der Waals surface area contributed by atoms with Crippen LogP contribution in [0.25, 0.3) is 0 Å². The van der Waals surface area contributed by atoms with Crippen LogP contribution in [0.3, 0.4) is 0 Å². The zero-order chi connectivity index (χ0) is 10.8. The Morgan fingerprint density at radius 3 is 2.87 bits per heavy atom. The van der Waals surface area contributed by atoms with Crippen molar-refractivity contribution >= 4 is 0 Å². The first kappa shape index (κ1) is 10.3. The molecule has 1 fully saturated rings. The van der Waals surface area contributed by atoms with Gasteiger partial charge in [-0.15, -0.1) is 0 Å². The third-order valence-corrected chi connectivity index (χ3v) is 2.98. The van der Waals surface area contributed by atoms with Crippen LogP contribution in [-0.2, 0) is 0 Å². The van der Waals surface area contributed by atoms with E-state index in [0.717, 1.165) is 18.5 Å². The Morgan fingerprint density at radius 2 is 2.27 bits per heavy atom. The SMILES string of the molecule is COc1cccc([C@H]2C[C@H](C)CN2)c1O. The number of hydrogen-bond donors (Lipinski definition) is 2. The minimum absolute atomic E-state index is 0.259. The highest BCUT2D eigenvalue weighted by Crippen LogP contribution is 2.37. The molecule has 2 rings (SSSR count). The number of rotatable bonds is 2. The third kappa shape index (κ3) is 1.92. The highest BCUT2D eigenvalue weighted by Gasteiger charge is 2.25. The normalized spacial score (nSPS) is 25.5. The van der Waals surface area contributed by atoms with Gasteiger partial charge in [0.15, 0.2) is 11.5 Å². The molecule has 0 spiro atoms. The van der Waals surface area contributed by atoms with E-state index in [9.17, 15) is 5.11 Å². The second-order valence-electron chi connectivity index (χ2n) is 4.20. The Kier molecular flexibility index (Phi) is 2.82. The molecular weight excluding hydrogens is 190 g/mol. The van der Waals surface area contributed by atoms with Crippen molar-refractivity contribution in [2.24, 2.45) is 5.92 Å². The molecule has 0 aromatic heterocycles. The predicted octanol–water partition coefficient (Wildman–Crippen LogP) is 2.07. The molecule has 3 nitrogen and oxygen atoms in total.